The van der Waals surface area contributed by atoms with Crippen LogP contribution in [0, 0.1) is 0 Å². The Morgan fingerprint density at radius 3 is 2.55 bits per heavy atom. The lowest BCUT2D eigenvalue weighted by atomic mass is 10.3. The van der Waals surface area contributed by atoms with Crippen LogP contribution in [0.5, 0.6) is 0 Å². The Labute approximate surface area is 66.0 Å². The van der Waals surface area contributed by atoms with Gasteiger partial charge in [-0.15, -0.1) is 6.58 Å². The Balaban J connectivity index is 3.68. The zero-order valence-electron chi connectivity index (χ0n) is 6.43. The lowest BCUT2D eigenvalue weighted by Gasteiger charge is -2.11. The van der Waals surface area contributed by atoms with Gasteiger partial charge >= 0.3 is 7.60 Å². The first kappa shape index (κ1) is 10.8. The van der Waals surface area contributed by atoms with Crippen LogP contribution in [0.15, 0.2) is 12.7 Å². The lowest BCUT2D eigenvalue weighted by molar-refractivity contribution is 0.106. The molecular formula is C6H13O4P. The van der Waals surface area contributed by atoms with Crippen molar-refractivity contribution >= 4 is 7.60 Å². The zero-order chi connectivity index (χ0) is 8.91. The minimum Gasteiger partial charge on any atom is -0.362 e. The number of ether oxygens (including phenoxy) is 1. The molecular weight excluding hydrogens is 167 g/mol. The molecule has 0 spiro atoms. The van der Waals surface area contributed by atoms with Crippen LogP contribution in [0.1, 0.15) is 13.3 Å². The molecule has 0 fully saturated rings. The van der Waals surface area contributed by atoms with Crippen molar-refractivity contribution < 1.29 is 19.1 Å². The van der Waals surface area contributed by atoms with Gasteiger partial charge in [-0.25, -0.2) is 0 Å². The summed E-state index contributed by atoms with van der Waals surface area (Å²) in [6.07, 6.45) is 1.40. The van der Waals surface area contributed by atoms with Crippen molar-refractivity contribution in [1.82, 2.24) is 0 Å². The Morgan fingerprint density at radius 2 is 2.27 bits per heavy atom. The fourth-order valence-corrected chi connectivity index (χ4v) is 0.931. The Kier molecular flexibility index (Phi) is 4.61. The van der Waals surface area contributed by atoms with E-state index in [-0.39, 0.29) is 6.10 Å². The molecule has 66 valence electrons. The van der Waals surface area contributed by atoms with Gasteiger partial charge in [0.2, 0.25) is 0 Å². The number of hydrogen-bond donors (Lipinski definition) is 2. The second-order valence-electron chi connectivity index (χ2n) is 2.14. The summed E-state index contributed by atoms with van der Waals surface area (Å²) in [6, 6.07) is 0. The first-order valence-corrected chi connectivity index (χ1v) is 5.08. The lowest BCUT2D eigenvalue weighted by Crippen LogP contribution is -2.08. The summed E-state index contributed by atoms with van der Waals surface area (Å²) in [7, 11) is -4.02. The zero-order valence-corrected chi connectivity index (χ0v) is 7.33. The normalized spacial score (nSPS) is 14.5. The molecule has 11 heavy (non-hydrogen) atoms. The highest BCUT2D eigenvalue weighted by Gasteiger charge is 2.14. The minimum absolute atomic E-state index is 0.261. The summed E-state index contributed by atoms with van der Waals surface area (Å²) in [6.45, 7) is 5.31. The van der Waals surface area contributed by atoms with Gasteiger partial charge in [-0.1, -0.05) is 13.0 Å². The van der Waals surface area contributed by atoms with Crippen LogP contribution in [0.2, 0.25) is 0 Å². The third-order valence-corrected chi connectivity index (χ3v) is 1.61. The summed E-state index contributed by atoms with van der Waals surface area (Å²) in [4.78, 5) is 16.8. The third kappa shape index (κ3) is 6.26. The highest BCUT2D eigenvalue weighted by molar-refractivity contribution is 7.51. The summed E-state index contributed by atoms with van der Waals surface area (Å²) >= 11 is 0. The predicted molar refractivity (Wildman–Crippen MR) is 42.3 cm³/mol. The molecule has 0 aliphatic carbocycles. The van der Waals surface area contributed by atoms with Gasteiger partial charge in [-0.05, 0) is 6.42 Å². The molecule has 0 aliphatic rings. The van der Waals surface area contributed by atoms with E-state index in [0.717, 1.165) is 0 Å². The van der Waals surface area contributed by atoms with Crippen molar-refractivity contribution in [3.8, 4) is 0 Å². The van der Waals surface area contributed by atoms with Gasteiger partial charge in [0.25, 0.3) is 0 Å². The number of hydrogen-bond acceptors (Lipinski definition) is 2. The summed E-state index contributed by atoms with van der Waals surface area (Å²) in [5, 5.41) is 0. The molecule has 5 heteroatoms. The summed E-state index contributed by atoms with van der Waals surface area (Å²) < 4.78 is 15.1. The van der Waals surface area contributed by atoms with Crippen LogP contribution >= 0.6 is 7.60 Å². The van der Waals surface area contributed by atoms with Crippen molar-refractivity contribution in [3.05, 3.63) is 12.7 Å². The topological polar surface area (TPSA) is 66.8 Å². The van der Waals surface area contributed by atoms with Crippen LogP contribution in [-0.4, -0.2) is 22.2 Å². The minimum atomic E-state index is -4.02. The van der Waals surface area contributed by atoms with Crippen LogP contribution < -0.4 is 0 Å². The predicted octanol–water partition coefficient (Wildman–Crippen LogP) is 1.10. The van der Waals surface area contributed by atoms with Crippen molar-refractivity contribution in [1.29, 1.82) is 0 Å². The summed E-state index contributed by atoms with van der Waals surface area (Å²) in [5.74, 6) is 0. The molecule has 4 nitrogen and oxygen atoms in total. The van der Waals surface area contributed by atoms with Crippen LogP contribution in [0.4, 0.5) is 0 Å². The van der Waals surface area contributed by atoms with Crippen molar-refractivity contribution in [2.24, 2.45) is 0 Å². The fourth-order valence-electron chi connectivity index (χ4n) is 0.545. The molecule has 0 aromatic heterocycles. The van der Waals surface area contributed by atoms with Gasteiger partial charge in [0.15, 0.2) is 0 Å². The average Bonchev–Trinajstić information content (AvgIpc) is 1.88. The van der Waals surface area contributed by atoms with Crippen molar-refractivity contribution in [3.63, 3.8) is 0 Å². The Bertz CT molecular complexity index is 162. The van der Waals surface area contributed by atoms with E-state index >= 15 is 0 Å². The second-order valence-corrected chi connectivity index (χ2v) is 3.73. The monoisotopic (exact) mass is 180 g/mol. The van der Waals surface area contributed by atoms with Gasteiger partial charge in [-0.3, -0.25) is 4.57 Å². The largest absolute Gasteiger partial charge is 0.362 e. The van der Waals surface area contributed by atoms with Crippen LogP contribution in [0.3, 0.4) is 0 Å². The Hall–Kier alpha value is -0.150. The van der Waals surface area contributed by atoms with Gasteiger partial charge < -0.3 is 14.5 Å². The standard InChI is InChI=1S/C6H13O4P/c1-3-6(4-2)10-5-11(7,8)9/h3,6H,1,4-5H2,2H3,(H2,7,8,9). The molecule has 0 aromatic carbocycles. The maximum Gasteiger partial charge on any atom is 0.351 e. The number of rotatable bonds is 5. The van der Waals surface area contributed by atoms with Gasteiger partial charge in [-0.2, -0.15) is 0 Å². The Morgan fingerprint density at radius 1 is 1.73 bits per heavy atom. The van der Waals surface area contributed by atoms with Gasteiger partial charge in [0.1, 0.15) is 6.35 Å². The van der Waals surface area contributed by atoms with E-state index in [1.807, 2.05) is 6.92 Å². The maximum absolute atomic E-state index is 10.3. The van der Waals surface area contributed by atoms with Crippen LogP contribution in [-0.2, 0) is 9.30 Å². The van der Waals surface area contributed by atoms with E-state index in [9.17, 15) is 4.57 Å². The van der Waals surface area contributed by atoms with E-state index in [2.05, 4.69) is 6.58 Å². The summed E-state index contributed by atoms with van der Waals surface area (Å²) in [5.41, 5.74) is 0. The SMILES string of the molecule is C=CC(CC)OCP(=O)(O)O. The molecule has 0 aliphatic heterocycles. The smallest absolute Gasteiger partial charge is 0.351 e. The second kappa shape index (κ2) is 4.67. The van der Waals surface area contributed by atoms with E-state index in [0.29, 0.717) is 6.42 Å². The first-order valence-electron chi connectivity index (χ1n) is 3.28. The molecule has 0 amide bonds. The molecule has 0 bridgehead atoms. The molecule has 0 radical (unpaired) electrons. The molecule has 0 rings (SSSR count). The average molecular weight is 180 g/mol. The van der Waals surface area contributed by atoms with E-state index in [1.165, 1.54) is 6.08 Å². The third-order valence-electron chi connectivity index (χ3n) is 1.12. The van der Waals surface area contributed by atoms with Gasteiger partial charge in [0, 0.05) is 0 Å². The quantitative estimate of drug-likeness (QED) is 0.491. The highest BCUT2D eigenvalue weighted by atomic mass is 31.2. The molecule has 1 unspecified atom stereocenters. The molecule has 2 N–H and O–H groups in total. The molecule has 0 aromatic rings. The van der Waals surface area contributed by atoms with Crippen molar-refractivity contribution in [2.45, 2.75) is 19.4 Å². The van der Waals surface area contributed by atoms with E-state index < -0.39 is 13.9 Å². The van der Waals surface area contributed by atoms with Gasteiger partial charge in [0.05, 0.1) is 6.10 Å². The molecule has 1 atom stereocenters. The fraction of sp³-hybridized carbons (Fsp3) is 0.667. The molecule has 0 saturated heterocycles. The molecule has 0 saturated carbocycles. The van der Waals surface area contributed by atoms with Crippen LogP contribution in [0.25, 0.3) is 0 Å². The molecule has 0 heterocycles. The van der Waals surface area contributed by atoms with E-state index in [4.69, 9.17) is 14.5 Å². The highest BCUT2D eigenvalue weighted by Crippen LogP contribution is 2.34. The van der Waals surface area contributed by atoms with E-state index in [1.54, 1.807) is 0 Å². The van der Waals surface area contributed by atoms with Crippen molar-refractivity contribution in [2.75, 3.05) is 6.35 Å². The first-order chi connectivity index (χ1) is 4.99. The maximum atomic E-state index is 10.3.